The fourth-order valence-electron chi connectivity index (χ4n) is 3.06. The summed E-state index contributed by atoms with van der Waals surface area (Å²) in [6.45, 7) is 7.69. The lowest BCUT2D eigenvalue weighted by atomic mass is 9.88. The first-order chi connectivity index (χ1) is 10.3. The molecule has 0 radical (unpaired) electrons. The van der Waals surface area contributed by atoms with Crippen LogP contribution in [0.1, 0.15) is 85.5 Å². The molecule has 0 aromatic carbocycles. The van der Waals surface area contributed by atoms with Crippen molar-refractivity contribution >= 4 is 11.9 Å². The minimum atomic E-state index is -1.05. The van der Waals surface area contributed by atoms with Crippen LogP contribution >= 0.6 is 0 Å². The van der Waals surface area contributed by atoms with Crippen molar-refractivity contribution in [3.63, 3.8) is 0 Å². The van der Waals surface area contributed by atoms with Crippen LogP contribution in [0.25, 0.3) is 0 Å². The number of hydrogen-bond donors (Lipinski definition) is 2. The molecule has 130 valence electrons. The van der Waals surface area contributed by atoms with E-state index in [-0.39, 0.29) is 12.8 Å². The summed E-state index contributed by atoms with van der Waals surface area (Å²) in [6.07, 6.45) is 4.11. The minimum absolute atomic E-state index is 0.0697. The molecule has 0 spiro atoms. The third-order valence-corrected chi connectivity index (χ3v) is 4.06. The van der Waals surface area contributed by atoms with Crippen LogP contribution in [-0.4, -0.2) is 33.4 Å². The summed E-state index contributed by atoms with van der Waals surface area (Å²) < 4.78 is 5.55. The number of aliphatic hydroxyl groups is 1. The summed E-state index contributed by atoms with van der Waals surface area (Å²) in [7, 11) is 0. The number of aliphatic carboxylic acids is 1. The number of ether oxygens (including phenoxy) is 1. The number of carboxylic acid groups (broad SMARTS) is 1. The predicted octanol–water partition coefficient (Wildman–Crippen LogP) is 3.67. The van der Waals surface area contributed by atoms with Crippen molar-refractivity contribution in [1.29, 1.82) is 0 Å². The summed E-state index contributed by atoms with van der Waals surface area (Å²) in [4.78, 5) is 23.3. The van der Waals surface area contributed by atoms with Gasteiger partial charge in [-0.3, -0.25) is 9.59 Å². The van der Waals surface area contributed by atoms with Crippen LogP contribution in [0.15, 0.2) is 0 Å². The van der Waals surface area contributed by atoms with Gasteiger partial charge in [0.2, 0.25) is 0 Å². The van der Waals surface area contributed by atoms with Crippen LogP contribution in [0.4, 0.5) is 0 Å². The van der Waals surface area contributed by atoms with Crippen LogP contribution in [0.3, 0.4) is 0 Å². The van der Waals surface area contributed by atoms with Gasteiger partial charge in [-0.2, -0.15) is 0 Å². The van der Waals surface area contributed by atoms with Crippen molar-refractivity contribution in [1.82, 2.24) is 0 Å². The van der Waals surface area contributed by atoms with Gasteiger partial charge >= 0.3 is 11.9 Å². The summed E-state index contributed by atoms with van der Waals surface area (Å²) in [5.74, 6) is -1.47. The average Bonchev–Trinajstić information content (AvgIpc) is 2.37. The van der Waals surface area contributed by atoms with Crippen LogP contribution in [-0.2, 0) is 14.3 Å². The Morgan fingerprint density at radius 2 is 1.41 bits per heavy atom. The SMILES string of the molecule is CCCC(O)(CCC)CC(=O)OC(CC)(CCC)CC(=O)O. The Hall–Kier alpha value is -1.10. The lowest BCUT2D eigenvalue weighted by molar-refractivity contribution is -0.171. The Balaban J connectivity index is 4.96. The molecule has 0 aromatic heterocycles. The minimum Gasteiger partial charge on any atom is -0.481 e. The third kappa shape index (κ3) is 7.25. The lowest BCUT2D eigenvalue weighted by Gasteiger charge is -2.33. The molecule has 2 N–H and O–H groups in total. The van der Waals surface area contributed by atoms with Crippen molar-refractivity contribution in [2.24, 2.45) is 0 Å². The Morgan fingerprint density at radius 1 is 0.909 bits per heavy atom. The Labute approximate surface area is 134 Å². The molecule has 0 saturated heterocycles. The molecule has 1 atom stereocenters. The van der Waals surface area contributed by atoms with Crippen molar-refractivity contribution in [3.05, 3.63) is 0 Å². The zero-order valence-electron chi connectivity index (χ0n) is 14.5. The van der Waals surface area contributed by atoms with E-state index in [1.807, 2.05) is 27.7 Å². The first-order valence-corrected chi connectivity index (χ1v) is 8.42. The van der Waals surface area contributed by atoms with Crippen LogP contribution in [0, 0.1) is 0 Å². The fraction of sp³-hybridized carbons (Fsp3) is 0.882. The highest BCUT2D eigenvalue weighted by atomic mass is 16.6. The van der Waals surface area contributed by atoms with E-state index in [0.717, 1.165) is 19.3 Å². The highest BCUT2D eigenvalue weighted by Gasteiger charge is 2.37. The molecule has 0 heterocycles. The molecule has 0 fully saturated rings. The van der Waals surface area contributed by atoms with E-state index in [1.54, 1.807) is 0 Å². The van der Waals surface area contributed by atoms with E-state index in [2.05, 4.69) is 0 Å². The van der Waals surface area contributed by atoms with Crippen molar-refractivity contribution < 1.29 is 24.5 Å². The number of carbonyl (C=O) groups excluding carboxylic acids is 1. The standard InChI is InChI=1S/C17H32O5/c1-5-9-16(21,10-6-2)13-15(20)22-17(8-4,11-7-3)12-14(18)19/h21H,5-13H2,1-4H3,(H,18,19). The number of hydrogen-bond acceptors (Lipinski definition) is 4. The van der Waals surface area contributed by atoms with E-state index in [4.69, 9.17) is 9.84 Å². The predicted molar refractivity (Wildman–Crippen MR) is 85.7 cm³/mol. The maximum Gasteiger partial charge on any atom is 0.309 e. The van der Waals surface area contributed by atoms with Crippen LogP contribution in [0.2, 0.25) is 0 Å². The quantitative estimate of drug-likeness (QED) is 0.537. The molecular weight excluding hydrogens is 284 g/mol. The van der Waals surface area contributed by atoms with E-state index in [0.29, 0.717) is 25.7 Å². The van der Waals surface area contributed by atoms with E-state index < -0.39 is 23.1 Å². The fourth-order valence-corrected chi connectivity index (χ4v) is 3.06. The second kappa shape index (κ2) is 9.82. The number of esters is 1. The molecular formula is C17H32O5. The molecule has 0 aliphatic heterocycles. The van der Waals surface area contributed by atoms with Gasteiger partial charge in [-0.1, -0.05) is 47.0 Å². The van der Waals surface area contributed by atoms with E-state index >= 15 is 0 Å². The van der Waals surface area contributed by atoms with Gasteiger partial charge in [0.15, 0.2) is 0 Å². The molecule has 22 heavy (non-hydrogen) atoms. The summed E-state index contributed by atoms with van der Waals surface area (Å²) in [5.41, 5.74) is -2.01. The van der Waals surface area contributed by atoms with Crippen molar-refractivity contribution in [2.75, 3.05) is 0 Å². The second-order valence-corrected chi connectivity index (χ2v) is 6.23. The topological polar surface area (TPSA) is 83.8 Å². The van der Waals surface area contributed by atoms with Gasteiger partial charge in [-0.05, 0) is 25.7 Å². The van der Waals surface area contributed by atoms with E-state index in [9.17, 15) is 14.7 Å². The highest BCUT2D eigenvalue weighted by molar-refractivity contribution is 5.73. The third-order valence-electron chi connectivity index (χ3n) is 4.06. The molecule has 0 amide bonds. The molecule has 0 rings (SSSR count). The van der Waals surface area contributed by atoms with Gasteiger partial charge in [0, 0.05) is 0 Å². The van der Waals surface area contributed by atoms with Gasteiger partial charge in [-0.25, -0.2) is 0 Å². The summed E-state index contributed by atoms with van der Waals surface area (Å²) in [6, 6.07) is 0. The lowest BCUT2D eigenvalue weighted by Crippen LogP contribution is -2.40. The average molecular weight is 316 g/mol. The Morgan fingerprint density at radius 3 is 1.77 bits per heavy atom. The van der Waals surface area contributed by atoms with Gasteiger partial charge < -0.3 is 14.9 Å². The monoisotopic (exact) mass is 316 g/mol. The number of carboxylic acids is 1. The van der Waals surface area contributed by atoms with Crippen molar-refractivity contribution in [3.8, 4) is 0 Å². The van der Waals surface area contributed by atoms with Gasteiger partial charge in [0.1, 0.15) is 5.60 Å². The smallest absolute Gasteiger partial charge is 0.309 e. The summed E-state index contributed by atoms with van der Waals surface area (Å²) in [5, 5.41) is 19.6. The number of carbonyl (C=O) groups is 2. The van der Waals surface area contributed by atoms with Gasteiger partial charge in [-0.15, -0.1) is 0 Å². The van der Waals surface area contributed by atoms with Crippen molar-refractivity contribution in [2.45, 2.75) is 96.7 Å². The Bertz CT molecular complexity index is 347. The first-order valence-electron chi connectivity index (χ1n) is 8.42. The van der Waals surface area contributed by atoms with Gasteiger partial charge in [0.25, 0.3) is 0 Å². The zero-order valence-corrected chi connectivity index (χ0v) is 14.5. The largest absolute Gasteiger partial charge is 0.481 e. The first kappa shape index (κ1) is 20.9. The van der Waals surface area contributed by atoms with Crippen LogP contribution in [0.5, 0.6) is 0 Å². The normalized spacial score (nSPS) is 14.4. The van der Waals surface area contributed by atoms with Gasteiger partial charge in [0.05, 0.1) is 18.4 Å². The number of rotatable bonds is 12. The molecule has 0 aliphatic rings. The zero-order chi connectivity index (χ0) is 17.2. The molecule has 0 aliphatic carbocycles. The molecule has 0 aromatic rings. The maximum absolute atomic E-state index is 12.3. The highest BCUT2D eigenvalue weighted by Crippen LogP contribution is 2.30. The maximum atomic E-state index is 12.3. The molecule has 5 heteroatoms. The molecule has 1 unspecified atom stereocenters. The Kier molecular flexibility index (Phi) is 9.33. The molecule has 0 bridgehead atoms. The molecule has 5 nitrogen and oxygen atoms in total. The van der Waals surface area contributed by atoms with E-state index in [1.165, 1.54) is 0 Å². The molecule has 0 saturated carbocycles. The summed E-state index contributed by atoms with van der Waals surface area (Å²) >= 11 is 0. The van der Waals surface area contributed by atoms with Crippen LogP contribution < -0.4 is 0 Å². The second-order valence-electron chi connectivity index (χ2n) is 6.23.